The Bertz CT molecular complexity index is 245. The van der Waals surface area contributed by atoms with Gasteiger partial charge < -0.3 is 9.84 Å². The lowest BCUT2D eigenvalue weighted by molar-refractivity contribution is -0.148. The molecule has 1 aromatic heterocycles. The normalized spacial score (nSPS) is 12.8. The van der Waals surface area contributed by atoms with E-state index in [1.807, 2.05) is 0 Å². The average Bonchev–Trinajstić information content (AvgIpc) is 2.51. The maximum atomic E-state index is 10.5. The summed E-state index contributed by atoms with van der Waals surface area (Å²) in [6.07, 6.45) is 1.08. The highest BCUT2D eigenvalue weighted by atomic mass is 16.5. The van der Waals surface area contributed by atoms with Crippen molar-refractivity contribution in [3.05, 3.63) is 18.0 Å². The zero-order chi connectivity index (χ0) is 8.97. The highest BCUT2D eigenvalue weighted by molar-refractivity contribution is 5.72. The quantitative estimate of drug-likeness (QED) is 0.669. The molecule has 5 heteroatoms. The smallest absolute Gasteiger partial charge is 0.333 e. The summed E-state index contributed by atoms with van der Waals surface area (Å²) in [5.41, 5.74) is 0.754. The molecule has 5 nitrogen and oxygen atoms in total. The molecule has 0 saturated carbocycles. The maximum Gasteiger partial charge on any atom is 0.333 e. The molecule has 66 valence electrons. The number of nitrogens with zero attached hydrogens (tertiary/aromatic N) is 1. The molecule has 1 heterocycles. The van der Waals surface area contributed by atoms with Crippen LogP contribution in [0, 0.1) is 0 Å². The van der Waals surface area contributed by atoms with Crippen LogP contribution in [0.25, 0.3) is 0 Å². The predicted octanol–water partition coefficient (Wildman–Crippen LogP) is 0.0518. The van der Waals surface area contributed by atoms with E-state index in [2.05, 4.69) is 10.2 Å². The molecule has 1 atom stereocenters. The minimum atomic E-state index is -0.966. The Morgan fingerprint density at radius 3 is 3.08 bits per heavy atom. The van der Waals surface area contributed by atoms with Crippen LogP contribution in [0.15, 0.2) is 12.3 Å². The summed E-state index contributed by atoms with van der Waals surface area (Å²) in [4.78, 5) is 10.5. The van der Waals surface area contributed by atoms with Crippen LogP contribution in [0.3, 0.4) is 0 Å². The third kappa shape index (κ3) is 2.06. The molecule has 0 aliphatic rings. The van der Waals surface area contributed by atoms with Crippen molar-refractivity contribution in [2.24, 2.45) is 0 Å². The van der Waals surface area contributed by atoms with Crippen LogP contribution in [-0.4, -0.2) is 34.5 Å². The number of carboxylic acids is 1. The summed E-state index contributed by atoms with van der Waals surface area (Å²) in [6.45, 7) is 0. The van der Waals surface area contributed by atoms with Crippen molar-refractivity contribution in [3.63, 3.8) is 0 Å². The Morgan fingerprint density at radius 2 is 2.67 bits per heavy atom. The van der Waals surface area contributed by atoms with Gasteiger partial charge in [-0.1, -0.05) is 0 Å². The Balaban J connectivity index is 2.54. The van der Waals surface area contributed by atoms with Crippen molar-refractivity contribution >= 4 is 5.97 Å². The molecule has 0 aromatic carbocycles. The third-order valence-corrected chi connectivity index (χ3v) is 1.52. The van der Waals surface area contributed by atoms with Crippen LogP contribution in [-0.2, 0) is 16.0 Å². The molecule has 12 heavy (non-hydrogen) atoms. The molecular weight excluding hydrogens is 160 g/mol. The summed E-state index contributed by atoms with van der Waals surface area (Å²) < 4.78 is 4.74. The van der Waals surface area contributed by atoms with Crippen molar-refractivity contribution < 1.29 is 14.6 Å². The van der Waals surface area contributed by atoms with Gasteiger partial charge in [0.05, 0.1) is 0 Å². The Kier molecular flexibility index (Phi) is 2.82. The molecule has 0 saturated heterocycles. The van der Waals surface area contributed by atoms with Gasteiger partial charge in [-0.05, 0) is 6.07 Å². The topological polar surface area (TPSA) is 75.2 Å². The second kappa shape index (κ2) is 3.87. The van der Waals surface area contributed by atoms with E-state index >= 15 is 0 Å². The monoisotopic (exact) mass is 170 g/mol. The number of H-pyrrole nitrogens is 1. The number of hydrogen-bond donors (Lipinski definition) is 2. The molecule has 0 fully saturated rings. The van der Waals surface area contributed by atoms with Crippen LogP contribution in [0.2, 0.25) is 0 Å². The van der Waals surface area contributed by atoms with E-state index in [1.54, 1.807) is 12.3 Å². The Labute approximate surface area is 69.4 Å². The number of hydrogen-bond acceptors (Lipinski definition) is 3. The van der Waals surface area contributed by atoms with Crippen molar-refractivity contribution in [1.82, 2.24) is 10.2 Å². The number of nitrogens with one attached hydrogen (secondary N) is 1. The number of rotatable bonds is 4. The van der Waals surface area contributed by atoms with Crippen molar-refractivity contribution in [2.75, 3.05) is 7.11 Å². The van der Waals surface area contributed by atoms with Gasteiger partial charge in [0, 0.05) is 25.4 Å². The summed E-state index contributed by atoms with van der Waals surface area (Å²) >= 11 is 0. The fourth-order valence-electron chi connectivity index (χ4n) is 0.870. The van der Waals surface area contributed by atoms with Gasteiger partial charge in [-0.15, -0.1) is 0 Å². The van der Waals surface area contributed by atoms with Gasteiger partial charge >= 0.3 is 5.97 Å². The van der Waals surface area contributed by atoms with Gasteiger partial charge in [0.1, 0.15) is 0 Å². The largest absolute Gasteiger partial charge is 0.479 e. The second-order valence-electron chi connectivity index (χ2n) is 2.35. The third-order valence-electron chi connectivity index (χ3n) is 1.52. The highest BCUT2D eigenvalue weighted by Crippen LogP contribution is 2.01. The van der Waals surface area contributed by atoms with E-state index in [0.29, 0.717) is 6.42 Å². The number of carboxylic acid groups (broad SMARTS) is 1. The second-order valence-corrected chi connectivity index (χ2v) is 2.35. The summed E-state index contributed by atoms with van der Waals surface area (Å²) in [7, 11) is 1.37. The van der Waals surface area contributed by atoms with Gasteiger partial charge in [0.25, 0.3) is 0 Å². The SMILES string of the molecule is COC(Cc1ccn[nH]1)C(=O)O. The average molecular weight is 170 g/mol. The van der Waals surface area contributed by atoms with E-state index in [0.717, 1.165) is 5.69 Å². The van der Waals surface area contributed by atoms with Gasteiger partial charge in [-0.2, -0.15) is 5.10 Å². The fraction of sp³-hybridized carbons (Fsp3) is 0.429. The number of aromatic amines is 1. The summed E-state index contributed by atoms with van der Waals surface area (Å²) in [5, 5.41) is 15.0. The molecule has 0 bridgehead atoms. The zero-order valence-corrected chi connectivity index (χ0v) is 6.65. The zero-order valence-electron chi connectivity index (χ0n) is 6.65. The molecule has 0 spiro atoms. The lowest BCUT2D eigenvalue weighted by Gasteiger charge is -2.07. The molecule has 0 aliphatic carbocycles. The molecule has 2 N–H and O–H groups in total. The van der Waals surface area contributed by atoms with Gasteiger partial charge in [0.15, 0.2) is 6.10 Å². The predicted molar refractivity (Wildman–Crippen MR) is 40.7 cm³/mol. The maximum absolute atomic E-state index is 10.5. The molecule has 1 aromatic rings. The van der Waals surface area contributed by atoms with Crippen LogP contribution < -0.4 is 0 Å². The Morgan fingerprint density at radius 1 is 1.92 bits per heavy atom. The first-order chi connectivity index (χ1) is 5.74. The first-order valence-electron chi connectivity index (χ1n) is 3.48. The molecule has 1 rings (SSSR count). The van der Waals surface area contributed by atoms with Gasteiger partial charge in [-0.3, -0.25) is 5.10 Å². The molecule has 0 aliphatic heterocycles. The van der Waals surface area contributed by atoms with Gasteiger partial charge in [-0.25, -0.2) is 4.79 Å². The number of methoxy groups -OCH3 is 1. The molecule has 0 radical (unpaired) electrons. The minimum absolute atomic E-state index is 0.311. The molecule has 0 amide bonds. The van der Waals surface area contributed by atoms with Crippen molar-refractivity contribution in [2.45, 2.75) is 12.5 Å². The van der Waals surface area contributed by atoms with Crippen molar-refractivity contribution in [1.29, 1.82) is 0 Å². The van der Waals surface area contributed by atoms with E-state index in [-0.39, 0.29) is 0 Å². The van der Waals surface area contributed by atoms with Crippen molar-refractivity contribution in [3.8, 4) is 0 Å². The van der Waals surface area contributed by atoms with Crippen LogP contribution >= 0.6 is 0 Å². The summed E-state index contributed by atoms with van der Waals surface area (Å²) in [6, 6.07) is 1.72. The fourth-order valence-corrected chi connectivity index (χ4v) is 0.870. The van der Waals surface area contributed by atoms with Crippen LogP contribution in [0.1, 0.15) is 5.69 Å². The molecular formula is C7H10N2O3. The lowest BCUT2D eigenvalue weighted by atomic mass is 10.2. The van der Waals surface area contributed by atoms with E-state index in [4.69, 9.17) is 9.84 Å². The van der Waals surface area contributed by atoms with E-state index in [1.165, 1.54) is 7.11 Å². The standard InChI is InChI=1S/C7H10N2O3/c1-12-6(7(10)11)4-5-2-3-8-9-5/h2-3,6H,4H2,1H3,(H,8,9)(H,10,11). The van der Waals surface area contributed by atoms with Gasteiger partial charge in [0.2, 0.25) is 0 Å². The number of ether oxygens (including phenoxy) is 1. The van der Waals surface area contributed by atoms with E-state index < -0.39 is 12.1 Å². The molecule has 1 unspecified atom stereocenters. The van der Waals surface area contributed by atoms with Crippen LogP contribution in [0.5, 0.6) is 0 Å². The minimum Gasteiger partial charge on any atom is -0.479 e. The highest BCUT2D eigenvalue weighted by Gasteiger charge is 2.16. The first-order valence-corrected chi connectivity index (χ1v) is 3.48. The Hall–Kier alpha value is -1.36. The number of carbonyl (C=O) groups is 1. The number of aliphatic carboxylic acids is 1. The summed E-state index contributed by atoms with van der Waals surface area (Å²) in [5.74, 6) is -0.966. The van der Waals surface area contributed by atoms with E-state index in [9.17, 15) is 4.79 Å². The first kappa shape index (κ1) is 8.73. The van der Waals surface area contributed by atoms with Crippen LogP contribution in [0.4, 0.5) is 0 Å². The number of aromatic nitrogens is 2. The lowest BCUT2D eigenvalue weighted by Crippen LogP contribution is -2.24.